The summed E-state index contributed by atoms with van der Waals surface area (Å²) in [4.78, 5) is 4.22. The molecule has 1 heterocycles. The lowest BCUT2D eigenvalue weighted by Crippen LogP contribution is -2.20. The van der Waals surface area contributed by atoms with E-state index in [1.54, 1.807) is 10.6 Å². The van der Waals surface area contributed by atoms with E-state index in [0.717, 1.165) is 5.88 Å². The van der Waals surface area contributed by atoms with Crippen molar-refractivity contribution in [2.45, 2.75) is 25.7 Å². The first-order chi connectivity index (χ1) is 13.4. The molecule has 3 aromatic rings. The predicted octanol–water partition coefficient (Wildman–Crippen LogP) is 7.32. The molecule has 0 saturated carbocycles. The Balaban J connectivity index is 1.73. The third-order valence-electron chi connectivity index (χ3n) is 5.56. The minimum absolute atomic E-state index is 1.04. The largest absolute Gasteiger partial charge is 0.333 e. The summed E-state index contributed by atoms with van der Waals surface area (Å²) in [7, 11) is 0. The van der Waals surface area contributed by atoms with E-state index in [1.165, 1.54) is 53.6 Å². The van der Waals surface area contributed by atoms with E-state index in [-0.39, 0.29) is 0 Å². The van der Waals surface area contributed by atoms with E-state index in [9.17, 15) is 0 Å². The van der Waals surface area contributed by atoms with Gasteiger partial charge < -0.3 is 4.90 Å². The van der Waals surface area contributed by atoms with Crippen molar-refractivity contribution in [1.82, 2.24) is 0 Å². The maximum absolute atomic E-state index is 2.60. The first-order valence-electron chi connectivity index (χ1n) is 9.78. The lowest BCUT2D eigenvalue weighted by molar-refractivity contribution is 0.684. The molecule has 0 aromatic heterocycles. The van der Waals surface area contributed by atoms with Crippen LogP contribution in [0.2, 0.25) is 0 Å². The lowest BCUT2D eigenvalue weighted by atomic mass is 9.94. The number of nitrogens with zero attached hydrogens (tertiary/aromatic N) is 1. The van der Waals surface area contributed by atoms with Gasteiger partial charge in [0.25, 0.3) is 0 Å². The minimum Gasteiger partial charge on any atom is -0.333 e. The second kappa shape index (κ2) is 7.28. The molecule has 0 unspecified atom stereocenters. The fourth-order valence-corrected chi connectivity index (χ4v) is 5.50. The number of benzene rings is 3. The van der Waals surface area contributed by atoms with Crippen LogP contribution in [-0.4, -0.2) is 5.88 Å². The molecular formula is C25H23NS. The third kappa shape index (κ3) is 3.08. The van der Waals surface area contributed by atoms with E-state index >= 15 is 0 Å². The van der Waals surface area contributed by atoms with Crippen LogP contribution in [-0.2, 0) is 0 Å². The molecule has 0 N–H and O–H groups in total. The van der Waals surface area contributed by atoms with Gasteiger partial charge in [0.2, 0.25) is 0 Å². The Kier molecular flexibility index (Phi) is 4.51. The van der Waals surface area contributed by atoms with Gasteiger partial charge in [0.05, 0.1) is 11.6 Å². The summed E-state index contributed by atoms with van der Waals surface area (Å²) >= 11 is 2.04. The summed E-state index contributed by atoms with van der Waals surface area (Å²) in [6.07, 6.45) is 5.11. The highest BCUT2D eigenvalue weighted by atomic mass is 32.2. The zero-order chi connectivity index (χ0) is 18.1. The average Bonchev–Trinajstić information content (AvgIpc) is 3.18. The smallest absolute Gasteiger partial charge is 0.0729 e. The van der Waals surface area contributed by atoms with Gasteiger partial charge in [-0.1, -0.05) is 78.9 Å². The van der Waals surface area contributed by atoms with Gasteiger partial charge in [0.1, 0.15) is 0 Å². The van der Waals surface area contributed by atoms with Gasteiger partial charge in [0, 0.05) is 21.7 Å². The number of anilines is 1. The summed E-state index contributed by atoms with van der Waals surface area (Å²) in [5.74, 6) is 1.04. The van der Waals surface area contributed by atoms with E-state index in [1.807, 2.05) is 11.8 Å². The van der Waals surface area contributed by atoms with Gasteiger partial charge in [-0.05, 0) is 36.8 Å². The fraction of sp³-hybridized carbons (Fsp3) is 0.200. The van der Waals surface area contributed by atoms with E-state index in [0.29, 0.717) is 0 Å². The normalized spacial score (nSPS) is 16.5. The number of rotatable bonds is 3. The van der Waals surface area contributed by atoms with Crippen LogP contribution in [0.3, 0.4) is 0 Å². The monoisotopic (exact) mass is 369 g/mol. The quantitative estimate of drug-likeness (QED) is 0.476. The van der Waals surface area contributed by atoms with Crippen LogP contribution < -0.4 is 4.90 Å². The van der Waals surface area contributed by atoms with Crippen LogP contribution in [0.15, 0.2) is 89.5 Å². The maximum atomic E-state index is 2.60. The zero-order valence-electron chi connectivity index (χ0n) is 15.4. The van der Waals surface area contributed by atoms with Gasteiger partial charge in [-0.2, -0.15) is 0 Å². The fourth-order valence-electron chi connectivity index (χ4n) is 4.26. The van der Waals surface area contributed by atoms with Gasteiger partial charge in [-0.15, -0.1) is 11.8 Å². The van der Waals surface area contributed by atoms with Gasteiger partial charge in [-0.3, -0.25) is 0 Å². The van der Waals surface area contributed by atoms with Crippen LogP contribution in [0.4, 0.5) is 5.69 Å². The van der Waals surface area contributed by atoms with Gasteiger partial charge in [0.15, 0.2) is 0 Å². The number of para-hydroxylation sites is 1. The Hall–Kier alpha value is -2.45. The Labute approximate surface area is 165 Å². The summed E-state index contributed by atoms with van der Waals surface area (Å²) in [6.45, 7) is 0. The number of thioether (sulfide) groups is 1. The van der Waals surface area contributed by atoms with Crippen molar-refractivity contribution in [2.75, 3.05) is 10.8 Å². The molecule has 0 spiro atoms. The Morgan fingerprint density at radius 2 is 1.22 bits per heavy atom. The SMILES string of the molecule is c1ccc(-c2cccc(-c3ccccc3)c2N2CSC3=C2CCCC3)cc1. The average molecular weight is 370 g/mol. The highest BCUT2D eigenvalue weighted by Gasteiger charge is 2.29. The predicted molar refractivity (Wildman–Crippen MR) is 118 cm³/mol. The molecule has 0 atom stereocenters. The molecular weight excluding hydrogens is 346 g/mol. The Morgan fingerprint density at radius 3 is 1.85 bits per heavy atom. The molecule has 5 rings (SSSR count). The van der Waals surface area contributed by atoms with Crippen molar-refractivity contribution < 1.29 is 0 Å². The topological polar surface area (TPSA) is 3.24 Å². The Morgan fingerprint density at radius 1 is 0.630 bits per heavy atom. The molecule has 0 bridgehead atoms. The van der Waals surface area contributed by atoms with Crippen molar-refractivity contribution >= 4 is 17.4 Å². The molecule has 0 amide bonds. The summed E-state index contributed by atoms with van der Waals surface area (Å²) in [6, 6.07) is 28.4. The first-order valence-corrected chi connectivity index (χ1v) is 10.8. The van der Waals surface area contributed by atoms with Crippen LogP contribution >= 0.6 is 11.8 Å². The summed E-state index contributed by atoms with van der Waals surface area (Å²) in [5, 5.41) is 0. The van der Waals surface area contributed by atoms with Crippen LogP contribution in [0.25, 0.3) is 22.3 Å². The van der Waals surface area contributed by atoms with Crippen molar-refractivity contribution in [2.24, 2.45) is 0 Å². The third-order valence-corrected chi connectivity index (χ3v) is 6.73. The number of hydrogen-bond donors (Lipinski definition) is 0. The molecule has 1 nitrogen and oxygen atoms in total. The molecule has 2 heteroatoms. The van der Waals surface area contributed by atoms with Crippen molar-refractivity contribution in [1.29, 1.82) is 0 Å². The standard InChI is InChI=1S/C25H23NS/c1-3-10-19(11-4-1)21-14-9-15-22(20-12-5-2-6-13-20)25(21)26-18-27-24-17-8-7-16-23(24)26/h1-6,9-15H,7-8,16-18H2. The van der Waals surface area contributed by atoms with Crippen molar-refractivity contribution in [3.05, 3.63) is 89.5 Å². The van der Waals surface area contributed by atoms with Crippen molar-refractivity contribution in [3.63, 3.8) is 0 Å². The second-order valence-corrected chi connectivity index (χ2v) is 8.25. The molecule has 0 saturated heterocycles. The number of allylic oxidation sites excluding steroid dienone is 2. The zero-order valence-corrected chi connectivity index (χ0v) is 16.2. The number of hydrogen-bond acceptors (Lipinski definition) is 2. The molecule has 0 radical (unpaired) electrons. The molecule has 27 heavy (non-hydrogen) atoms. The van der Waals surface area contributed by atoms with E-state index in [4.69, 9.17) is 0 Å². The Bertz CT molecular complexity index is 918. The molecule has 2 aliphatic rings. The maximum Gasteiger partial charge on any atom is 0.0729 e. The van der Waals surface area contributed by atoms with Crippen molar-refractivity contribution in [3.8, 4) is 22.3 Å². The summed E-state index contributed by atoms with van der Waals surface area (Å²) < 4.78 is 0. The summed E-state index contributed by atoms with van der Waals surface area (Å²) in [5.41, 5.74) is 8.18. The van der Waals surface area contributed by atoms with E-state index < -0.39 is 0 Å². The lowest BCUT2D eigenvalue weighted by Gasteiger charge is -2.29. The van der Waals surface area contributed by atoms with Crippen LogP contribution in [0, 0.1) is 0 Å². The molecule has 1 aliphatic carbocycles. The minimum atomic E-state index is 1.04. The molecule has 1 aliphatic heterocycles. The van der Waals surface area contributed by atoms with E-state index in [2.05, 4.69) is 83.8 Å². The highest BCUT2D eigenvalue weighted by Crippen LogP contribution is 2.49. The second-order valence-electron chi connectivity index (χ2n) is 7.21. The molecule has 0 fully saturated rings. The van der Waals surface area contributed by atoms with Crippen LogP contribution in [0.5, 0.6) is 0 Å². The molecule has 3 aromatic carbocycles. The van der Waals surface area contributed by atoms with Crippen LogP contribution in [0.1, 0.15) is 25.7 Å². The molecule has 134 valence electrons. The van der Waals surface area contributed by atoms with Gasteiger partial charge in [-0.25, -0.2) is 0 Å². The highest BCUT2D eigenvalue weighted by molar-refractivity contribution is 8.03. The first kappa shape index (κ1) is 16.7. The van der Waals surface area contributed by atoms with Gasteiger partial charge >= 0.3 is 0 Å².